The highest BCUT2D eigenvalue weighted by Crippen LogP contribution is 2.17. The summed E-state index contributed by atoms with van der Waals surface area (Å²) in [6.07, 6.45) is 0. The van der Waals surface area contributed by atoms with E-state index < -0.39 is 0 Å². The minimum Gasteiger partial charge on any atom is -0.399 e. The largest absolute Gasteiger partial charge is 0.399 e. The maximum atomic E-state index is 11.4. The molecular formula is C10H13ClN2O2. The fourth-order valence-electron chi connectivity index (χ4n) is 1.45. The van der Waals surface area contributed by atoms with Crippen LogP contribution in [0.25, 0.3) is 0 Å². The average molecular weight is 229 g/mol. The smallest absolute Gasteiger partial charge is 0.253 e. The minimum absolute atomic E-state index is 0. The second-order valence-electron chi connectivity index (χ2n) is 3.19. The second kappa shape index (κ2) is 5.00. The minimum atomic E-state index is 0. The maximum absolute atomic E-state index is 11.4. The summed E-state index contributed by atoms with van der Waals surface area (Å²) in [5.41, 5.74) is 7.15. The summed E-state index contributed by atoms with van der Waals surface area (Å²) in [4.78, 5) is 13.2. The quantitative estimate of drug-likeness (QED) is 0.732. The molecule has 0 atom stereocenters. The Morgan fingerprint density at radius 1 is 1.27 bits per heavy atom. The van der Waals surface area contributed by atoms with Crippen LogP contribution in [0.5, 0.6) is 0 Å². The van der Waals surface area contributed by atoms with Crippen LogP contribution in [0.4, 0.5) is 11.4 Å². The summed E-state index contributed by atoms with van der Waals surface area (Å²) < 4.78 is 5.04. The molecule has 1 fully saturated rings. The van der Waals surface area contributed by atoms with Gasteiger partial charge in [-0.1, -0.05) is 0 Å². The van der Waals surface area contributed by atoms with E-state index in [0.717, 1.165) is 5.69 Å². The van der Waals surface area contributed by atoms with E-state index in [-0.39, 0.29) is 24.9 Å². The van der Waals surface area contributed by atoms with Crippen molar-refractivity contribution < 1.29 is 9.53 Å². The standard InChI is InChI=1S/C10H12N2O2.ClH/c11-8-1-3-9(4-2-8)12-5-6-14-7-10(12)13;/h1-4H,5-7,11H2;1H. The summed E-state index contributed by atoms with van der Waals surface area (Å²) in [6.45, 7) is 1.38. The molecule has 0 unspecified atom stereocenters. The third-order valence-corrected chi connectivity index (χ3v) is 2.19. The zero-order valence-corrected chi connectivity index (χ0v) is 9.00. The van der Waals surface area contributed by atoms with Crippen molar-refractivity contribution in [2.24, 2.45) is 0 Å². The first-order chi connectivity index (χ1) is 6.77. The SMILES string of the molecule is Cl.Nc1ccc(N2CCOCC2=O)cc1. The summed E-state index contributed by atoms with van der Waals surface area (Å²) >= 11 is 0. The Balaban J connectivity index is 0.00000112. The molecule has 1 aromatic rings. The van der Waals surface area contributed by atoms with Crippen molar-refractivity contribution >= 4 is 29.7 Å². The lowest BCUT2D eigenvalue weighted by Crippen LogP contribution is -2.41. The molecule has 4 nitrogen and oxygen atoms in total. The molecule has 0 aromatic heterocycles. The Bertz CT molecular complexity index is 340. The van der Waals surface area contributed by atoms with Gasteiger partial charge in [-0.3, -0.25) is 4.79 Å². The van der Waals surface area contributed by atoms with E-state index in [4.69, 9.17) is 10.5 Å². The Morgan fingerprint density at radius 2 is 1.93 bits per heavy atom. The van der Waals surface area contributed by atoms with Crippen molar-refractivity contribution in [2.45, 2.75) is 0 Å². The van der Waals surface area contributed by atoms with Crippen molar-refractivity contribution in [1.29, 1.82) is 0 Å². The molecular weight excluding hydrogens is 216 g/mol. The summed E-state index contributed by atoms with van der Waals surface area (Å²) in [6, 6.07) is 7.27. The maximum Gasteiger partial charge on any atom is 0.253 e. The average Bonchev–Trinajstić information content (AvgIpc) is 2.20. The van der Waals surface area contributed by atoms with Gasteiger partial charge >= 0.3 is 0 Å². The molecule has 1 amide bonds. The third-order valence-electron chi connectivity index (χ3n) is 2.19. The normalized spacial score (nSPS) is 16.0. The monoisotopic (exact) mass is 228 g/mol. The first kappa shape index (κ1) is 11.8. The van der Waals surface area contributed by atoms with Gasteiger partial charge in [-0.15, -0.1) is 12.4 Å². The van der Waals surface area contributed by atoms with Crippen molar-refractivity contribution in [3.05, 3.63) is 24.3 Å². The number of amides is 1. The first-order valence-electron chi connectivity index (χ1n) is 4.51. The molecule has 15 heavy (non-hydrogen) atoms. The molecule has 1 aliphatic rings. The molecule has 1 saturated heterocycles. The zero-order valence-electron chi connectivity index (χ0n) is 8.18. The van der Waals surface area contributed by atoms with Crippen LogP contribution in [0.3, 0.4) is 0 Å². The Morgan fingerprint density at radius 3 is 2.53 bits per heavy atom. The van der Waals surface area contributed by atoms with Gasteiger partial charge < -0.3 is 15.4 Å². The number of nitrogens with two attached hydrogens (primary N) is 1. The summed E-state index contributed by atoms with van der Waals surface area (Å²) in [5, 5.41) is 0. The molecule has 5 heteroatoms. The van der Waals surface area contributed by atoms with Gasteiger partial charge in [-0.05, 0) is 24.3 Å². The predicted molar refractivity (Wildman–Crippen MR) is 61.3 cm³/mol. The lowest BCUT2D eigenvalue weighted by molar-refractivity contribution is -0.125. The third kappa shape index (κ3) is 2.61. The lowest BCUT2D eigenvalue weighted by atomic mass is 10.2. The molecule has 1 heterocycles. The number of nitrogens with zero attached hydrogens (tertiary/aromatic N) is 1. The van der Waals surface area contributed by atoms with Gasteiger partial charge in [0.05, 0.1) is 6.61 Å². The van der Waals surface area contributed by atoms with Crippen LogP contribution in [-0.4, -0.2) is 25.7 Å². The van der Waals surface area contributed by atoms with E-state index in [1.54, 1.807) is 17.0 Å². The molecule has 0 spiro atoms. The highest BCUT2D eigenvalue weighted by atomic mass is 35.5. The topological polar surface area (TPSA) is 55.6 Å². The van der Waals surface area contributed by atoms with Crippen LogP contribution in [0, 0.1) is 0 Å². The van der Waals surface area contributed by atoms with Gasteiger partial charge in [0, 0.05) is 17.9 Å². The number of ether oxygens (including phenoxy) is 1. The van der Waals surface area contributed by atoms with Crippen molar-refractivity contribution in [3.63, 3.8) is 0 Å². The van der Waals surface area contributed by atoms with E-state index in [9.17, 15) is 4.79 Å². The van der Waals surface area contributed by atoms with E-state index in [1.165, 1.54) is 0 Å². The van der Waals surface area contributed by atoms with Crippen LogP contribution in [0.2, 0.25) is 0 Å². The molecule has 1 aliphatic heterocycles. The number of anilines is 2. The number of benzene rings is 1. The Labute approximate surface area is 94.4 Å². The number of halogens is 1. The number of hydrogen-bond acceptors (Lipinski definition) is 3. The molecule has 82 valence electrons. The van der Waals surface area contributed by atoms with E-state index in [1.807, 2.05) is 12.1 Å². The van der Waals surface area contributed by atoms with Crippen molar-refractivity contribution in [3.8, 4) is 0 Å². The molecule has 0 saturated carbocycles. The molecule has 0 radical (unpaired) electrons. The number of hydrogen-bond donors (Lipinski definition) is 1. The van der Waals surface area contributed by atoms with Crippen LogP contribution in [0.1, 0.15) is 0 Å². The fourth-order valence-corrected chi connectivity index (χ4v) is 1.45. The van der Waals surface area contributed by atoms with Gasteiger partial charge in [0.1, 0.15) is 6.61 Å². The van der Waals surface area contributed by atoms with Gasteiger partial charge in [0.25, 0.3) is 5.91 Å². The van der Waals surface area contributed by atoms with Gasteiger partial charge in [0.2, 0.25) is 0 Å². The van der Waals surface area contributed by atoms with Crippen LogP contribution in [0.15, 0.2) is 24.3 Å². The van der Waals surface area contributed by atoms with E-state index in [0.29, 0.717) is 18.8 Å². The molecule has 0 bridgehead atoms. The summed E-state index contributed by atoms with van der Waals surface area (Å²) in [7, 11) is 0. The Kier molecular flexibility index (Phi) is 3.94. The van der Waals surface area contributed by atoms with Crippen LogP contribution < -0.4 is 10.6 Å². The zero-order chi connectivity index (χ0) is 9.97. The van der Waals surface area contributed by atoms with Crippen LogP contribution >= 0.6 is 12.4 Å². The highest BCUT2D eigenvalue weighted by Gasteiger charge is 2.19. The molecule has 1 aromatic carbocycles. The highest BCUT2D eigenvalue weighted by molar-refractivity contribution is 5.94. The van der Waals surface area contributed by atoms with E-state index >= 15 is 0 Å². The van der Waals surface area contributed by atoms with Gasteiger partial charge in [-0.2, -0.15) is 0 Å². The molecule has 2 rings (SSSR count). The van der Waals surface area contributed by atoms with Crippen LogP contribution in [-0.2, 0) is 9.53 Å². The second-order valence-corrected chi connectivity index (χ2v) is 3.19. The number of carbonyl (C=O) groups is 1. The number of nitrogen functional groups attached to an aromatic ring is 1. The van der Waals surface area contributed by atoms with Gasteiger partial charge in [-0.25, -0.2) is 0 Å². The van der Waals surface area contributed by atoms with Crippen molar-refractivity contribution in [1.82, 2.24) is 0 Å². The van der Waals surface area contributed by atoms with Crippen molar-refractivity contribution in [2.75, 3.05) is 30.4 Å². The number of morpholine rings is 1. The van der Waals surface area contributed by atoms with E-state index in [2.05, 4.69) is 0 Å². The van der Waals surface area contributed by atoms with Gasteiger partial charge in [0.15, 0.2) is 0 Å². The molecule has 2 N–H and O–H groups in total. The predicted octanol–water partition coefficient (Wildman–Crippen LogP) is 1.05. The first-order valence-corrected chi connectivity index (χ1v) is 4.51. The summed E-state index contributed by atoms with van der Waals surface area (Å²) in [5.74, 6) is 0.000946. The lowest BCUT2D eigenvalue weighted by Gasteiger charge is -2.26. The number of carbonyl (C=O) groups excluding carboxylic acids is 1. The Hall–Kier alpha value is -1.26. The number of rotatable bonds is 1. The molecule has 0 aliphatic carbocycles. The fraction of sp³-hybridized carbons (Fsp3) is 0.300.